The van der Waals surface area contributed by atoms with Crippen LogP contribution in [-0.2, 0) is 20.8 Å². The summed E-state index contributed by atoms with van der Waals surface area (Å²) >= 11 is 0. The van der Waals surface area contributed by atoms with Gasteiger partial charge >= 0.3 is 0 Å². The molecule has 1 heterocycles. The molecule has 1 atom stereocenters. The van der Waals surface area contributed by atoms with Crippen molar-refractivity contribution >= 4 is 28.7 Å². The molecule has 0 aliphatic carbocycles. The van der Waals surface area contributed by atoms with Gasteiger partial charge in [-0.15, -0.1) is 0 Å². The van der Waals surface area contributed by atoms with Gasteiger partial charge in [0.1, 0.15) is 0 Å². The molecule has 0 aliphatic heterocycles. The summed E-state index contributed by atoms with van der Waals surface area (Å²) in [5.41, 5.74) is 2.08. The molecular formula is C16H16N2O5-2. The van der Waals surface area contributed by atoms with Gasteiger partial charge in [0, 0.05) is 35.9 Å². The average Bonchev–Trinajstić information content (AvgIpc) is 2.89. The van der Waals surface area contributed by atoms with Crippen molar-refractivity contribution in [1.82, 2.24) is 10.3 Å². The number of hydrogen-bond donors (Lipinski definition) is 2. The minimum Gasteiger partial charge on any atom is -0.550 e. The van der Waals surface area contributed by atoms with Gasteiger partial charge in [-0.25, -0.2) is 0 Å². The predicted octanol–water partition coefficient (Wildman–Crippen LogP) is -1.13. The van der Waals surface area contributed by atoms with Crippen LogP contribution in [0.1, 0.15) is 24.8 Å². The van der Waals surface area contributed by atoms with Gasteiger partial charge in [-0.3, -0.25) is 4.79 Å². The Labute approximate surface area is 132 Å². The van der Waals surface area contributed by atoms with Gasteiger partial charge in [0.2, 0.25) is 5.91 Å². The second kappa shape index (κ2) is 7.44. The van der Waals surface area contributed by atoms with Crippen LogP contribution in [0.25, 0.3) is 10.9 Å². The summed E-state index contributed by atoms with van der Waals surface area (Å²) in [5, 5.41) is 24.4. The van der Waals surface area contributed by atoms with Crippen LogP contribution in [0.2, 0.25) is 0 Å². The number of hydrogen-bond acceptors (Lipinski definition) is 5. The molecule has 7 heteroatoms. The number of carbonyl (C=O) groups is 3. The first kappa shape index (κ1) is 16.5. The minimum absolute atomic E-state index is 0.0936. The van der Waals surface area contributed by atoms with Gasteiger partial charge in [0.25, 0.3) is 0 Å². The zero-order valence-electron chi connectivity index (χ0n) is 12.3. The highest BCUT2D eigenvalue weighted by molar-refractivity contribution is 5.86. The van der Waals surface area contributed by atoms with Gasteiger partial charge in [-0.2, -0.15) is 0 Å². The molecule has 7 nitrogen and oxygen atoms in total. The highest BCUT2D eigenvalue weighted by Gasteiger charge is 2.14. The molecule has 1 aromatic carbocycles. The van der Waals surface area contributed by atoms with Crippen molar-refractivity contribution in [1.29, 1.82) is 0 Å². The number of aryl methyl sites for hydroxylation is 1. The number of para-hydroxylation sites is 1. The fourth-order valence-electron chi connectivity index (χ4n) is 2.40. The average molecular weight is 316 g/mol. The molecule has 2 aromatic rings. The Balaban J connectivity index is 1.84. The molecule has 122 valence electrons. The minimum atomic E-state index is -1.64. The fourth-order valence-corrected chi connectivity index (χ4v) is 2.40. The standard InChI is InChI=1S/C16H18N2O5/c19-14(18-13(16(22)23)8-15(20)21)7-3-4-10-9-17-12-6-2-1-5-11(10)12/h1-2,5-6,9,13,17H,3-4,7-8H2,(H,18,19)(H,20,21)(H,22,23)/p-2/t13-/m0/s1. The fraction of sp³-hybridized carbons (Fsp3) is 0.312. The van der Waals surface area contributed by atoms with Gasteiger partial charge in [-0.05, 0) is 24.5 Å². The first-order valence-electron chi connectivity index (χ1n) is 7.22. The molecule has 0 spiro atoms. The zero-order valence-corrected chi connectivity index (χ0v) is 12.3. The number of aliphatic carboxylic acids is 2. The number of H-pyrrole nitrogens is 1. The highest BCUT2D eigenvalue weighted by Crippen LogP contribution is 2.19. The van der Waals surface area contributed by atoms with Crippen molar-refractivity contribution in [3.8, 4) is 0 Å². The Morgan fingerprint density at radius 3 is 2.61 bits per heavy atom. The summed E-state index contributed by atoms with van der Waals surface area (Å²) < 4.78 is 0. The SMILES string of the molecule is O=C([O-])C[C@H](NC(=O)CCCc1c[nH]c2ccccc12)C(=O)[O-]. The molecule has 0 saturated heterocycles. The Hall–Kier alpha value is -2.83. The van der Waals surface area contributed by atoms with Gasteiger partial charge in [0.05, 0.1) is 12.0 Å². The summed E-state index contributed by atoms with van der Waals surface area (Å²) in [6, 6.07) is 6.22. The molecule has 0 aliphatic rings. The molecule has 0 fully saturated rings. The highest BCUT2D eigenvalue weighted by atomic mass is 16.4. The van der Waals surface area contributed by atoms with Crippen LogP contribution < -0.4 is 15.5 Å². The maximum atomic E-state index is 11.7. The number of rotatable bonds is 8. The molecule has 2 rings (SSSR count). The largest absolute Gasteiger partial charge is 0.550 e. The second-order valence-electron chi connectivity index (χ2n) is 5.23. The van der Waals surface area contributed by atoms with Crippen molar-refractivity contribution < 1.29 is 24.6 Å². The summed E-state index contributed by atoms with van der Waals surface area (Å²) in [6.07, 6.45) is 2.32. The maximum absolute atomic E-state index is 11.7. The molecule has 2 N–H and O–H groups in total. The van der Waals surface area contributed by atoms with Crippen molar-refractivity contribution in [3.05, 3.63) is 36.0 Å². The summed E-state index contributed by atoms with van der Waals surface area (Å²) in [5.74, 6) is -3.72. The van der Waals surface area contributed by atoms with Gasteiger partial charge in [0.15, 0.2) is 0 Å². The third-order valence-corrected chi connectivity index (χ3v) is 3.52. The third kappa shape index (κ3) is 4.57. The Morgan fingerprint density at radius 2 is 1.91 bits per heavy atom. The first-order chi connectivity index (χ1) is 11.0. The van der Waals surface area contributed by atoms with Crippen LogP contribution in [0.4, 0.5) is 0 Å². The van der Waals surface area contributed by atoms with E-state index in [1.54, 1.807) is 0 Å². The molecule has 1 amide bonds. The molecule has 0 bridgehead atoms. The number of carboxylic acid groups (broad SMARTS) is 2. The van der Waals surface area contributed by atoms with Crippen LogP contribution in [-0.4, -0.2) is 28.9 Å². The topological polar surface area (TPSA) is 125 Å². The van der Waals surface area contributed by atoms with E-state index >= 15 is 0 Å². The molecule has 0 saturated carbocycles. The van der Waals surface area contributed by atoms with Crippen LogP contribution in [0, 0.1) is 0 Å². The number of amides is 1. The maximum Gasteiger partial charge on any atom is 0.220 e. The lowest BCUT2D eigenvalue weighted by atomic mass is 10.1. The smallest absolute Gasteiger partial charge is 0.220 e. The van der Waals surface area contributed by atoms with Crippen LogP contribution >= 0.6 is 0 Å². The second-order valence-corrected chi connectivity index (χ2v) is 5.23. The molecule has 1 aromatic heterocycles. The number of aromatic amines is 1. The number of benzene rings is 1. The molecular weight excluding hydrogens is 300 g/mol. The number of aromatic nitrogens is 1. The zero-order chi connectivity index (χ0) is 16.8. The van der Waals surface area contributed by atoms with Crippen molar-refractivity contribution in [2.45, 2.75) is 31.7 Å². The molecule has 0 radical (unpaired) electrons. The van der Waals surface area contributed by atoms with E-state index in [0.717, 1.165) is 16.5 Å². The van der Waals surface area contributed by atoms with E-state index in [1.165, 1.54) is 0 Å². The summed E-state index contributed by atoms with van der Waals surface area (Å²) in [7, 11) is 0. The lowest BCUT2D eigenvalue weighted by molar-refractivity contribution is -0.317. The predicted molar refractivity (Wildman–Crippen MR) is 77.8 cm³/mol. The van der Waals surface area contributed by atoms with Crippen LogP contribution in [0.3, 0.4) is 0 Å². The monoisotopic (exact) mass is 316 g/mol. The van der Waals surface area contributed by atoms with Crippen molar-refractivity contribution in [2.75, 3.05) is 0 Å². The number of nitrogens with one attached hydrogen (secondary N) is 2. The Bertz CT molecular complexity index is 722. The van der Waals surface area contributed by atoms with E-state index < -0.39 is 30.3 Å². The Morgan fingerprint density at radius 1 is 1.17 bits per heavy atom. The van der Waals surface area contributed by atoms with Crippen LogP contribution in [0.15, 0.2) is 30.5 Å². The number of fused-ring (bicyclic) bond motifs is 1. The quantitative estimate of drug-likeness (QED) is 0.637. The molecule has 23 heavy (non-hydrogen) atoms. The lowest BCUT2D eigenvalue weighted by Gasteiger charge is -2.20. The lowest BCUT2D eigenvalue weighted by Crippen LogP contribution is -2.50. The van der Waals surface area contributed by atoms with E-state index in [2.05, 4.69) is 10.3 Å². The summed E-state index contributed by atoms with van der Waals surface area (Å²) in [4.78, 5) is 36.0. The Kier molecular flexibility index (Phi) is 5.35. The van der Waals surface area contributed by atoms with Crippen molar-refractivity contribution in [3.63, 3.8) is 0 Å². The third-order valence-electron chi connectivity index (χ3n) is 3.52. The summed E-state index contributed by atoms with van der Waals surface area (Å²) in [6.45, 7) is 0. The normalized spacial score (nSPS) is 12.0. The van der Waals surface area contributed by atoms with E-state index in [9.17, 15) is 24.6 Å². The van der Waals surface area contributed by atoms with Gasteiger partial charge < -0.3 is 30.1 Å². The van der Waals surface area contributed by atoms with E-state index in [-0.39, 0.29) is 6.42 Å². The number of carbonyl (C=O) groups excluding carboxylic acids is 3. The van der Waals surface area contributed by atoms with E-state index in [0.29, 0.717) is 12.8 Å². The van der Waals surface area contributed by atoms with E-state index in [4.69, 9.17) is 0 Å². The first-order valence-corrected chi connectivity index (χ1v) is 7.22. The molecule has 0 unspecified atom stereocenters. The van der Waals surface area contributed by atoms with Crippen molar-refractivity contribution in [2.24, 2.45) is 0 Å². The van der Waals surface area contributed by atoms with E-state index in [1.807, 2.05) is 30.5 Å². The van der Waals surface area contributed by atoms with Crippen LogP contribution in [0.5, 0.6) is 0 Å². The number of carboxylic acids is 2. The van der Waals surface area contributed by atoms with Gasteiger partial charge in [-0.1, -0.05) is 18.2 Å².